The van der Waals surface area contributed by atoms with Crippen molar-refractivity contribution in [3.63, 3.8) is 0 Å². The van der Waals surface area contributed by atoms with Crippen LogP contribution in [0, 0.1) is 19.7 Å². The minimum atomic E-state index is -0.526. The zero-order valence-corrected chi connectivity index (χ0v) is 18.2. The molecule has 6 nitrogen and oxygen atoms in total. The summed E-state index contributed by atoms with van der Waals surface area (Å²) in [7, 11) is 0. The largest absolute Gasteiger partial charge is 0.444 e. The average molecular weight is 421 g/mol. The van der Waals surface area contributed by atoms with E-state index in [1.807, 2.05) is 39.5 Å². The molecule has 0 spiro atoms. The van der Waals surface area contributed by atoms with Crippen molar-refractivity contribution >= 4 is 34.3 Å². The van der Waals surface area contributed by atoms with Crippen molar-refractivity contribution in [1.29, 1.82) is 0 Å². The number of halogens is 2. The Bertz CT molecular complexity index is 983. The summed E-state index contributed by atoms with van der Waals surface area (Å²) in [6.45, 7) is 10.5. The molecule has 2 aromatic heterocycles. The van der Waals surface area contributed by atoms with E-state index < -0.39 is 11.4 Å². The molecule has 0 aromatic carbocycles. The fourth-order valence-electron chi connectivity index (χ4n) is 4.33. The molecule has 5 rings (SSSR count). The van der Waals surface area contributed by atoms with Crippen molar-refractivity contribution in [2.24, 2.45) is 0 Å². The number of piperidine rings is 2. The Labute approximate surface area is 175 Å². The first-order chi connectivity index (χ1) is 13.6. The van der Waals surface area contributed by atoms with Gasteiger partial charge in [-0.25, -0.2) is 19.2 Å². The normalized spacial score (nSPS) is 21.8. The minimum Gasteiger partial charge on any atom is -0.444 e. The number of aromatic nitrogens is 2. The number of amides is 1. The second kappa shape index (κ2) is 6.97. The van der Waals surface area contributed by atoms with Crippen molar-refractivity contribution < 1.29 is 13.9 Å². The maximum absolute atomic E-state index is 14.8. The number of hydrogen-bond donors (Lipinski definition) is 0. The molecule has 8 heteroatoms. The summed E-state index contributed by atoms with van der Waals surface area (Å²) in [4.78, 5) is 25.5. The van der Waals surface area contributed by atoms with E-state index in [1.54, 1.807) is 6.20 Å². The molecule has 2 atom stereocenters. The average Bonchev–Trinajstić information content (AvgIpc) is 2.66. The van der Waals surface area contributed by atoms with Gasteiger partial charge in [0.05, 0.1) is 6.04 Å². The number of carbonyl (C=O) groups excluding carboxylic acids is 1. The third-order valence-electron chi connectivity index (χ3n) is 5.84. The first-order valence-corrected chi connectivity index (χ1v) is 10.3. The first kappa shape index (κ1) is 20.1. The predicted molar refractivity (Wildman–Crippen MR) is 111 cm³/mol. The van der Waals surface area contributed by atoms with Gasteiger partial charge in [0.2, 0.25) is 0 Å². The predicted octanol–water partition coefficient (Wildman–Crippen LogP) is 4.63. The van der Waals surface area contributed by atoms with E-state index in [0.717, 1.165) is 24.1 Å². The van der Waals surface area contributed by atoms with Gasteiger partial charge in [-0.3, -0.25) is 0 Å². The van der Waals surface area contributed by atoms with E-state index in [0.29, 0.717) is 29.7 Å². The molecule has 3 fully saturated rings. The standard InChI is InChI=1S/C21H26ClFN4O2/c1-11-12(2)25-19(15-8-24-18(22)17(23)16(11)15)26-9-14-7-6-13(26)10-27(14)20(28)29-21(3,4)5/h8,13-14H,6-7,9-10H2,1-5H3. The number of piperazine rings is 1. The molecule has 2 bridgehead atoms. The van der Waals surface area contributed by atoms with Gasteiger partial charge in [-0.15, -0.1) is 0 Å². The lowest BCUT2D eigenvalue weighted by Crippen LogP contribution is -2.64. The van der Waals surface area contributed by atoms with Gasteiger partial charge < -0.3 is 14.5 Å². The second-order valence-electron chi connectivity index (χ2n) is 8.97. The number of anilines is 1. The van der Waals surface area contributed by atoms with Crippen LogP contribution < -0.4 is 4.90 Å². The Balaban J connectivity index is 1.70. The summed E-state index contributed by atoms with van der Waals surface area (Å²) >= 11 is 5.94. The summed E-state index contributed by atoms with van der Waals surface area (Å²) in [6.07, 6.45) is 3.19. The van der Waals surface area contributed by atoms with Gasteiger partial charge in [0.1, 0.15) is 11.4 Å². The molecule has 29 heavy (non-hydrogen) atoms. The maximum atomic E-state index is 14.8. The maximum Gasteiger partial charge on any atom is 0.410 e. The van der Waals surface area contributed by atoms with Crippen LogP contribution in [0.1, 0.15) is 44.9 Å². The lowest BCUT2D eigenvalue weighted by Gasteiger charge is -2.51. The highest BCUT2D eigenvalue weighted by molar-refractivity contribution is 6.30. The number of hydrogen-bond acceptors (Lipinski definition) is 5. The molecule has 0 saturated carbocycles. The lowest BCUT2D eigenvalue weighted by molar-refractivity contribution is 0.000820. The Morgan fingerprint density at radius 3 is 2.55 bits per heavy atom. The van der Waals surface area contributed by atoms with E-state index in [4.69, 9.17) is 21.3 Å². The first-order valence-electron chi connectivity index (χ1n) is 9.94. The van der Waals surface area contributed by atoms with Crippen LogP contribution in [-0.4, -0.2) is 51.7 Å². The Hall–Kier alpha value is -2.15. The third-order valence-corrected chi connectivity index (χ3v) is 6.10. The molecule has 0 aliphatic carbocycles. The summed E-state index contributed by atoms with van der Waals surface area (Å²) in [5.41, 5.74) is 1.00. The molecule has 1 amide bonds. The molecule has 156 valence electrons. The van der Waals surface area contributed by atoms with Crippen LogP contribution in [0.15, 0.2) is 6.20 Å². The van der Waals surface area contributed by atoms with E-state index >= 15 is 0 Å². The number of carbonyl (C=O) groups is 1. The van der Waals surface area contributed by atoms with E-state index in [2.05, 4.69) is 9.88 Å². The zero-order chi connectivity index (χ0) is 21.1. The van der Waals surface area contributed by atoms with Crippen LogP contribution in [0.25, 0.3) is 10.8 Å². The van der Waals surface area contributed by atoms with Crippen molar-refractivity contribution in [3.8, 4) is 0 Å². The van der Waals surface area contributed by atoms with Gasteiger partial charge in [0.15, 0.2) is 11.0 Å². The van der Waals surface area contributed by atoms with Gasteiger partial charge >= 0.3 is 6.09 Å². The topological polar surface area (TPSA) is 58.6 Å². The molecule has 2 aromatic rings. The molecule has 2 unspecified atom stereocenters. The molecular weight excluding hydrogens is 395 g/mol. The van der Waals surface area contributed by atoms with Gasteiger partial charge in [0.25, 0.3) is 0 Å². The molecule has 5 heterocycles. The van der Waals surface area contributed by atoms with Gasteiger partial charge in [0, 0.05) is 41.8 Å². The fraction of sp³-hybridized carbons (Fsp3) is 0.571. The van der Waals surface area contributed by atoms with Crippen molar-refractivity contribution in [3.05, 3.63) is 28.4 Å². The van der Waals surface area contributed by atoms with Crippen LogP contribution in [0.3, 0.4) is 0 Å². The van der Waals surface area contributed by atoms with Crippen LogP contribution in [0.5, 0.6) is 0 Å². The molecule has 0 radical (unpaired) electrons. The number of fused-ring (bicyclic) bond motifs is 4. The summed E-state index contributed by atoms with van der Waals surface area (Å²) in [5, 5.41) is 0.998. The molecule has 3 aliphatic rings. The number of aryl methyl sites for hydroxylation is 2. The monoisotopic (exact) mass is 420 g/mol. The number of pyridine rings is 2. The molecule has 3 saturated heterocycles. The number of nitrogens with zero attached hydrogens (tertiary/aromatic N) is 4. The molecule has 0 N–H and O–H groups in total. The minimum absolute atomic E-state index is 0.0402. The van der Waals surface area contributed by atoms with Crippen molar-refractivity contribution in [2.45, 2.75) is 65.1 Å². The van der Waals surface area contributed by atoms with Crippen LogP contribution in [0.2, 0.25) is 5.15 Å². The van der Waals surface area contributed by atoms with Gasteiger partial charge in [-0.05, 0) is 53.0 Å². The zero-order valence-electron chi connectivity index (χ0n) is 17.4. The van der Waals surface area contributed by atoms with Gasteiger partial charge in [-0.2, -0.15) is 0 Å². The SMILES string of the molecule is Cc1nc(N2CC3CCC2CN3C(=O)OC(C)(C)C)c2cnc(Cl)c(F)c2c1C. The Morgan fingerprint density at radius 1 is 1.24 bits per heavy atom. The van der Waals surface area contributed by atoms with Crippen LogP contribution in [0.4, 0.5) is 15.0 Å². The quantitative estimate of drug-likeness (QED) is 0.629. The number of ether oxygens (including phenoxy) is 1. The highest BCUT2D eigenvalue weighted by atomic mass is 35.5. The number of rotatable bonds is 1. The summed E-state index contributed by atoms with van der Waals surface area (Å²) < 4.78 is 20.4. The van der Waals surface area contributed by atoms with E-state index in [-0.39, 0.29) is 23.3 Å². The summed E-state index contributed by atoms with van der Waals surface area (Å²) in [6, 6.07) is 0.141. The van der Waals surface area contributed by atoms with Crippen molar-refractivity contribution in [1.82, 2.24) is 14.9 Å². The lowest BCUT2D eigenvalue weighted by atomic mass is 9.90. The molecular formula is C21H26ClFN4O2. The highest BCUT2D eigenvalue weighted by Crippen LogP contribution is 2.38. The van der Waals surface area contributed by atoms with E-state index in [1.165, 1.54) is 0 Å². The smallest absolute Gasteiger partial charge is 0.410 e. The van der Waals surface area contributed by atoms with Crippen molar-refractivity contribution in [2.75, 3.05) is 18.0 Å². The fourth-order valence-corrected chi connectivity index (χ4v) is 4.48. The van der Waals surface area contributed by atoms with Crippen LogP contribution in [-0.2, 0) is 4.74 Å². The molecule has 3 aliphatic heterocycles. The van der Waals surface area contributed by atoms with Crippen LogP contribution >= 0.6 is 11.6 Å². The highest BCUT2D eigenvalue weighted by Gasteiger charge is 2.43. The summed E-state index contributed by atoms with van der Waals surface area (Å²) in [5.74, 6) is 0.204. The second-order valence-corrected chi connectivity index (χ2v) is 9.33. The Kier molecular flexibility index (Phi) is 4.84. The van der Waals surface area contributed by atoms with Gasteiger partial charge in [-0.1, -0.05) is 11.6 Å². The Morgan fingerprint density at radius 2 is 1.93 bits per heavy atom. The third kappa shape index (κ3) is 3.50. The van der Waals surface area contributed by atoms with E-state index in [9.17, 15) is 9.18 Å².